The van der Waals surface area contributed by atoms with Crippen molar-refractivity contribution in [2.75, 3.05) is 99.1 Å². The predicted octanol–water partition coefficient (Wildman–Crippen LogP) is 2.92. The summed E-state index contributed by atoms with van der Waals surface area (Å²) in [5.41, 5.74) is 7.95. The molecule has 2 atom stereocenters. The van der Waals surface area contributed by atoms with Crippen molar-refractivity contribution in [3.05, 3.63) is 71.7 Å². The number of nitrogens with two attached hydrogens (primary N) is 1. The van der Waals surface area contributed by atoms with Gasteiger partial charge in [-0.3, -0.25) is 29.4 Å². The Bertz CT molecular complexity index is 2460. The summed E-state index contributed by atoms with van der Waals surface area (Å²) >= 11 is 0. The normalized spacial score (nSPS) is 21.4. The van der Waals surface area contributed by atoms with Crippen molar-refractivity contribution < 1.29 is 28.4 Å². The number of amides is 6. The molecule has 9 rings (SSSR count). The van der Waals surface area contributed by atoms with Gasteiger partial charge in [0.05, 0.1) is 11.7 Å². The highest BCUT2D eigenvalue weighted by molar-refractivity contribution is 6.11. The molecule has 64 heavy (non-hydrogen) atoms. The molecule has 6 heterocycles. The number of piperidine rings is 3. The number of benzene rings is 3. The van der Waals surface area contributed by atoms with Crippen LogP contribution in [0.25, 0.3) is 10.8 Å². The van der Waals surface area contributed by atoms with Gasteiger partial charge in [-0.2, -0.15) is 4.98 Å². The number of carbonyl (C=O) groups is 5. The number of piperazine rings is 1. The van der Waals surface area contributed by atoms with Crippen LogP contribution >= 0.6 is 0 Å². The lowest BCUT2D eigenvalue weighted by Gasteiger charge is -2.40. The van der Waals surface area contributed by atoms with Crippen LogP contribution in [0.15, 0.2) is 54.6 Å². The fourth-order valence-corrected chi connectivity index (χ4v) is 9.81. The first kappa shape index (κ1) is 42.7. The molecule has 3 aromatic carbocycles. The van der Waals surface area contributed by atoms with Crippen molar-refractivity contribution in [1.29, 1.82) is 0 Å². The van der Waals surface area contributed by atoms with Gasteiger partial charge in [0.25, 0.3) is 11.8 Å². The molecule has 0 saturated carbocycles. The average molecular weight is 876 g/mol. The smallest absolute Gasteiger partial charge is 0.320 e. The molecule has 4 aromatic rings. The van der Waals surface area contributed by atoms with Gasteiger partial charge in [-0.1, -0.05) is 24.3 Å². The molecule has 0 spiro atoms. The van der Waals surface area contributed by atoms with Gasteiger partial charge in [0.15, 0.2) is 11.5 Å². The largest absolute Gasteiger partial charge is 0.371 e. The summed E-state index contributed by atoms with van der Waals surface area (Å²) < 4.78 is 15.8. The Balaban J connectivity index is 0.776. The number of aromatic nitrogens is 3. The van der Waals surface area contributed by atoms with Crippen LogP contribution in [0.5, 0.6) is 0 Å². The van der Waals surface area contributed by atoms with E-state index in [1.54, 1.807) is 30.1 Å². The summed E-state index contributed by atoms with van der Waals surface area (Å²) in [6.07, 6.45) is 4.21. The molecule has 2 unspecified atom stereocenters. The van der Waals surface area contributed by atoms with Gasteiger partial charge in [-0.05, 0) is 73.7 Å². The number of nitrogens with one attached hydrogen (secondary N) is 3. The van der Waals surface area contributed by atoms with E-state index >= 15 is 4.39 Å². The third-order valence-corrected chi connectivity index (χ3v) is 13.4. The van der Waals surface area contributed by atoms with Crippen molar-refractivity contribution in [3.8, 4) is 0 Å². The molecular weight excluding hydrogens is 822 g/mol. The average Bonchev–Trinajstić information content (AvgIpc) is 3.64. The van der Waals surface area contributed by atoms with Crippen LogP contribution in [0.3, 0.4) is 0 Å². The minimum absolute atomic E-state index is 0.00257. The van der Waals surface area contributed by atoms with E-state index in [1.165, 1.54) is 6.07 Å². The maximum atomic E-state index is 15.8. The lowest BCUT2D eigenvalue weighted by Crippen LogP contribution is -2.52. The zero-order valence-corrected chi connectivity index (χ0v) is 36.0. The number of hydrogen-bond donors (Lipinski definition) is 4. The number of halogens is 1. The van der Waals surface area contributed by atoms with Gasteiger partial charge >= 0.3 is 6.03 Å². The van der Waals surface area contributed by atoms with E-state index in [9.17, 15) is 24.0 Å². The molecular formula is C45H54FN13O5. The summed E-state index contributed by atoms with van der Waals surface area (Å²) in [7, 11) is 1.80. The van der Waals surface area contributed by atoms with Crippen molar-refractivity contribution in [2.45, 2.75) is 50.6 Å². The Kier molecular flexibility index (Phi) is 12.2. The van der Waals surface area contributed by atoms with Crippen LogP contribution in [0.2, 0.25) is 0 Å². The van der Waals surface area contributed by atoms with Crippen LogP contribution in [0.4, 0.5) is 38.0 Å². The quantitative estimate of drug-likeness (QED) is 0.160. The SMILES string of the molecule is CN1CCN(C2CCCN(c3nnc(C(N)=O)c(Nc4ccc(N5CCN(CC6CCN(c7cccc8c(C(=O)NC9CCC(=O)NC9=O)cccc78)CC6)CC5)c(F)c4)n3)C2)C1=O. The molecule has 5 aliphatic rings. The fourth-order valence-electron chi connectivity index (χ4n) is 9.81. The molecule has 5 fully saturated rings. The lowest BCUT2D eigenvalue weighted by molar-refractivity contribution is -0.134. The monoisotopic (exact) mass is 875 g/mol. The van der Waals surface area contributed by atoms with Gasteiger partial charge in [0.2, 0.25) is 17.8 Å². The summed E-state index contributed by atoms with van der Waals surface area (Å²) in [6, 6.07) is 15.8. The molecule has 0 aliphatic carbocycles. The minimum atomic E-state index is -0.811. The first-order valence-corrected chi connectivity index (χ1v) is 22.3. The molecule has 336 valence electrons. The number of urea groups is 1. The molecule has 5 N–H and O–H groups in total. The van der Waals surface area contributed by atoms with E-state index in [2.05, 4.69) is 51.9 Å². The number of carbonyl (C=O) groups excluding carboxylic acids is 5. The number of hydrogen-bond acceptors (Lipinski definition) is 13. The number of imide groups is 1. The minimum Gasteiger partial charge on any atom is -0.371 e. The number of nitrogens with zero attached hydrogens (tertiary/aromatic N) is 9. The molecule has 0 bridgehead atoms. The number of anilines is 5. The molecule has 6 amide bonds. The molecule has 19 heteroatoms. The standard InChI is InChI=1S/C45H54FN13O5/c1-54-19-24-59(45(54)64)30-5-4-16-58(27-30)44-51-41(39(40(47)61)52-53-44)48-29-10-12-37(34(46)25-29)57-22-20-55(21-23-57)26-28-14-17-56(18-15-28)36-9-3-6-31-32(36)7-2-8-33(31)42(62)49-35-11-13-38(60)50-43(35)63/h2-3,6-10,12,25,28,30,35H,4-5,11,13-24,26-27H2,1H3,(H2,47,61)(H,49,62)(H,48,51,53)(H,50,60,63). The first-order valence-electron chi connectivity index (χ1n) is 22.3. The Hall–Kier alpha value is -6.63. The van der Waals surface area contributed by atoms with E-state index in [-0.39, 0.29) is 48.2 Å². The van der Waals surface area contributed by atoms with Crippen molar-refractivity contribution >= 4 is 69.3 Å². The van der Waals surface area contributed by atoms with Crippen molar-refractivity contribution in [2.24, 2.45) is 11.7 Å². The number of rotatable bonds is 11. The molecule has 1 aromatic heterocycles. The second kappa shape index (κ2) is 18.2. The maximum absolute atomic E-state index is 15.8. The Morgan fingerprint density at radius 1 is 0.828 bits per heavy atom. The van der Waals surface area contributed by atoms with E-state index < -0.39 is 23.7 Å². The van der Waals surface area contributed by atoms with Crippen molar-refractivity contribution in [1.82, 2.24) is 40.5 Å². The van der Waals surface area contributed by atoms with E-state index in [4.69, 9.17) is 5.73 Å². The summed E-state index contributed by atoms with van der Waals surface area (Å²) in [4.78, 5) is 79.3. The van der Waals surface area contributed by atoms with Gasteiger partial charge < -0.3 is 40.9 Å². The zero-order valence-electron chi connectivity index (χ0n) is 36.0. The lowest BCUT2D eigenvalue weighted by atomic mass is 9.94. The first-order chi connectivity index (χ1) is 31.0. The molecule has 0 radical (unpaired) electrons. The highest BCUT2D eigenvalue weighted by Gasteiger charge is 2.36. The van der Waals surface area contributed by atoms with Gasteiger partial charge in [-0.15, -0.1) is 10.2 Å². The summed E-state index contributed by atoms with van der Waals surface area (Å²) in [6.45, 7) is 8.25. The predicted molar refractivity (Wildman–Crippen MR) is 239 cm³/mol. The maximum Gasteiger partial charge on any atom is 0.320 e. The van der Waals surface area contributed by atoms with Gasteiger partial charge in [0, 0.05) is 108 Å². The Morgan fingerprint density at radius 3 is 2.33 bits per heavy atom. The molecule has 18 nitrogen and oxygen atoms in total. The third kappa shape index (κ3) is 8.93. The second-order valence-corrected chi connectivity index (χ2v) is 17.5. The Morgan fingerprint density at radius 2 is 1.59 bits per heavy atom. The highest BCUT2D eigenvalue weighted by Crippen LogP contribution is 2.33. The van der Waals surface area contributed by atoms with Crippen LogP contribution in [0.1, 0.15) is 59.4 Å². The molecule has 5 aliphatic heterocycles. The van der Waals surface area contributed by atoms with Crippen LogP contribution in [-0.4, -0.2) is 151 Å². The zero-order chi connectivity index (χ0) is 44.5. The number of primary amides is 1. The number of likely N-dealkylation sites (N-methyl/N-ethyl adjacent to an activating group) is 1. The van der Waals surface area contributed by atoms with Gasteiger partial charge in [0.1, 0.15) is 11.9 Å². The number of fused-ring (bicyclic) bond motifs is 1. The third-order valence-electron chi connectivity index (χ3n) is 13.4. The van der Waals surface area contributed by atoms with Crippen LogP contribution < -0.4 is 36.4 Å². The van der Waals surface area contributed by atoms with Crippen LogP contribution in [0, 0.1) is 11.7 Å². The van der Waals surface area contributed by atoms with E-state index in [0.717, 1.165) is 74.9 Å². The Labute approximate surface area is 370 Å². The molecule has 5 saturated heterocycles. The van der Waals surface area contributed by atoms with E-state index in [1.807, 2.05) is 34.1 Å². The second-order valence-electron chi connectivity index (χ2n) is 17.5. The van der Waals surface area contributed by atoms with Crippen molar-refractivity contribution in [3.63, 3.8) is 0 Å². The van der Waals surface area contributed by atoms with Crippen LogP contribution in [-0.2, 0) is 9.59 Å². The highest BCUT2D eigenvalue weighted by atomic mass is 19.1. The summed E-state index contributed by atoms with van der Waals surface area (Å²) in [5.74, 6) is -1.45. The fraction of sp³-hybridized carbons (Fsp3) is 0.467. The summed E-state index contributed by atoms with van der Waals surface area (Å²) in [5, 5.41) is 18.3. The van der Waals surface area contributed by atoms with Gasteiger partial charge in [-0.25, -0.2) is 9.18 Å². The topological polar surface area (TPSA) is 206 Å². The van der Waals surface area contributed by atoms with E-state index in [0.29, 0.717) is 68.1 Å².